The third-order valence-corrected chi connectivity index (χ3v) is 3.97. The number of ether oxygens (including phenoxy) is 3. The Bertz CT molecular complexity index is 897. The molecule has 0 aliphatic carbocycles. The van der Waals surface area contributed by atoms with Crippen LogP contribution in [0.5, 0.6) is 11.5 Å². The summed E-state index contributed by atoms with van der Waals surface area (Å²) in [6, 6.07) is 12.0. The molecule has 2 rings (SSSR count). The predicted octanol–water partition coefficient (Wildman–Crippen LogP) is 2.70. The normalized spacial score (nSPS) is 10.1. The number of amides is 2. The lowest BCUT2D eigenvalue weighted by molar-refractivity contribution is -0.146. The van der Waals surface area contributed by atoms with Crippen molar-refractivity contribution in [2.45, 2.75) is 20.8 Å². The SMILES string of the molecule is CCOc1ccc(NC(=O)COC(=O)CNC(=O)c2ccccc2C)cc1OCC. The summed E-state index contributed by atoms with van der Waals surface area (Å²) in [4.78, 5) is 36.0. The lowest BCUT2D eigenvalue weighted by Crippen LogP contribution is -2.32. The van der Waals surface area contributed by atoms with Gasteiger partial charge in [-0.3, -0.25) is 14.4 Å². The van der Waals surface area contributed by atoms with E-state index in [2.05, 4.69) is 10.6 Å². The minimum atomic E-state index is -0.714. The summed E-state index contributed by atoms with van der Waals surface area (Å²) in [6.45, 7) is 5.64. The third kappa shape index (κ3) is 6.80. The van der Waals surface area contributed by atoms with Crippen LogP contribution in [0.15, 0.2) is 42.5 Å². The Balaban J connectivity index is 1.81. The highest BCUT2D eigenvalue weighted by Crippen LogP contribution is 2.30. The van der Waals surface area contributed by atoms with Gasteiger partial charge in [0.1, 0.15) is 6.54 Å². The highest BCUT2D eigenvalue weighted by atomic mass is 16.5. The zero-order chi connectivity index (χ0) is 21.9. The second-order valence-corrected chi connectivity index (χ2v) is 6.23. The van der Waals surface area contributed by atoms with Crippen molar-refractivity contribution in [3.8, 4) is 11.5 Å². The van der Waals surface area contributed by atoms with Crippen molar-refractivity contribution in [3.63, 3.8) is 0 Å². The number of aryl methyl sites for hydroxylation is 1. The molecule has 160 valence electrons. The zero-order valence-corrected chi connectivity index (χ0v) is 17.3. The number of esters is 1. The molecule has 0 aliphatic heterocycles. The third-order valence-electron chi connectivity index (χ3n) is 3.97. The molecule has 0 spiro atoms. The van der Waals surface area contributed by atoms with Crippen LogP contribution in [0, 0.1) is 6.92 Å². The number of hydrogen-bond acceptors (Lipinski definition) is 6. The zero-order valence-electron chi connectivity index (χ0n) is 17.3. The minimum absolute atomic E-state index is 0.335. The van der Waals surface area contributed by atoms with Gasteiger partial charge in [-0.2, -0.15) is 0 Å². The average Bonchev–Trinajstić information content (AvgIpc) is 2.73. The van der Waals surface area contributed by atoms with Crippen molar-refractivity contribution in [2.24, 2.45) is 0 Å². The Morgan fingerprint density at radius 2 is 1.63 bits per heavy atom. The molecule has 8 heteroatoms. The van der Waals surface area contributed by atoms with Gasteiger partial charge in [0.2, 0.25) is 0 Å². The summed E-state index contributed by atoms with van der Waals surface area (Å²) in [5, 5.41) is 5.10. The fourth-order valence-electron chi connectivity index (χ4n) is 2.60. The first kappa shape index (κ1) is 22.7. The van der Waals surface area contributed by atoms with Gasteiger partial charge in [0, 0.05) is 17.3 Å². The molecule has 0 fully saturated rings. The largest absolute Gasteiger partial charge is 0.490 e. The van der Waals surface area contributed by atoms with Crippen molar-refractivity contribution >= 4 is 23.5 Å². The average molecular weight is 414 g/mol. The van der Waals surface area contributed by atoms with E-state index in [9.17, 15) is 14.4 Å². The molecule has 30 heavy (non-hydrogen) atoms. The summed E-state index contributed by atoms with van der Waals surface area (Å²) in [7, 11) is 0. The van der Waals surface area contributed by atoms with E-state index in [1.54, 1.807) is 43.3 Å². The van der Waals surface area contributed by atoms with Crippen molar-refractivity contribution < 1.29 is 28.6 Å². The molecule has 8 nitrogen and oxygen atoms in total. The van der Waals surface area contributed by atoms with Crippen molar-refractivity contribution in [1.29, 1.82) is 0 Å². The van der Waals surface area contributed by atoms with Crippen LogP contribution in [0.4, 0.5) is 5.69 Å². The molecule has 0 saturated carbocycles. The van der Waals surface area contributed by atoms with E-state index in [0.29, 0.717) is 36.0 Å². The van der Waals surface area contributed by atoms with E-state index in [-0.39, 0.29) is 12.5 Å². The van der Waals surface area contributed by atoms with Gasteiger partial charge >= 0.3 is 5.97 Å². The summed E-state index contributed by atoms with van der Waals surface area (Å²) in [5.41, 5.74) is 1.75. The number of anilines is 1. The van der Waals surface area contributed by atoms with Crippen LogP contribution in [0.2, 0.25) is 0 Å². The Kier molecular flexibility index (Phi) is 8.68. The van der Waals surface area contributed by atoms with Gasteiger partial charge < -0.3 is 24.8 Å². The molecule has 0 bridgehead atoms. The lowest BCUT2D eigenvalue weighted by Gasteiger charge is -2.13. The molecular formula is C22H26N2O6. The summed E-state index contributed by atoms with van der Waals surface area (Å²) in [6.07, 6.45) is 0. The first-order valence-electron chi connectivity index (χ1n) is 9.63. The Hall–Kier alpha value is -3.55. The molecule has 0 unspecified atom stereocenters. The molecule has 0 radical (unpaired) electrons. The Morgan fingerprint density at radius 1 is 0.933 bits per heavy atom. The number of carbonyl (C=O) groups is 3. The van der Waals surface area contributed by atoms with E-state index in [1.807, 2.05) is 19.9 Å². The van der Waals surface area contributed by atoms with Gasteiger partial charge in [-0.25, -0.2) is 0 Å². The van der Waals surface area contributed by atoms with Crippen LogP contribution in [-0.2, 0) is 14.3 Å². The summed E-state index contributed by atoms with van der Waals surface area (Å²) < 4.78 is 15.9. The van der Waals surface area contributed by atoms with Crippen LogP contribution in [0.3, 0.4) is 0 Å². The highest BCUT2D eigenvalue weighted by molar-refractivity contribution is 5.97. The number of benzene rings is 2. The van der Waals surface area contributed by atoms with Crippen LogP contribution in [-0.4, -0.2) is 44.1 Å². The number of hydrogen-bond donors (Lipinski definition) is 2. The molecule has 0 atom stereocenters. The van der Waals surface area contributed by atoms with Crippen LogP contribution < -0.4 is 20.1 Å². The molecule has 2 N–H and O–H groups in total. The highest BCUT2D eigenvalue weighted by Gasteiger charge is 2.13. The summed E-state index contributed by atoms with van der Waals surface area (Å²) in [5.74, 6) is -0.525. The molecule has 2 aromatic rings. The first-order valence-corrected chi connectivity index (χ1v) is 9.63. The molecule has 0 saturated heterocycles. The van der Waals surface area contributed by atoms with E-state index >= 15 is 0 Å². The fraction of sp³-hybridized carbons (Fsp3) is 0.318. The van der Waals surface area contributed by atoms with Gasteiger partial charge in [-0.05, 0) is 44.5 Å². The molecule has 2 amide bonds. The van der Waals surface area contributed by atoms with Gasteiger partial charge in [0.15, 0.2) is 18.1 Å². The maximum atomic E-state index is 12.1. The lowest BCUT2D eigenvalue weighted by atomic mass is 10.1. The second kappa shape index (κ2) is 11.5. The molecule has 0 aromatic heterocycles. The van der Waals surface area contributed by atoms with Crippen LogP contribution in [0.25, 0.3) is 0 Å². The molecular weight excluding hydrogens is 388 g/mol. The van der Waals surface area contributed by atoms with Gasteiger partial charge in [0.25, 0.3) is 11.8 Å². The van der Waals surface area contributed by atoms with Crippen LogP contribution >= 0.6 is 0 Å². The number of rotatable bonds is 10. The molecule has 0 aliphatic rings. The number of carbonyl (C=O) groups excluding carboxylic acids is 3. The minimum Gasteiger partial charge on any atom is -0.490 e. The first-order chi connectivity index (χ1) is 14.4. The Labute approximate surface area is 175 Å². The van der Waals surface area contributed by atoms with Gasteiger partial charge in [-0.15, -0.1) is 0 Å². The monoisotopic (exact) mass is 414 g/mol. The van der Waals surface area contributed by atoms with E-state index < -0.39 is 18.5 Å². The van der Waals surface area contributed by atoms with Crippen molar-refractivity contribution in [1.82, 2.24) is 5.32 Å². The van der Waals surface area contributed by atoms with Crippen LogP contribution in [0.1, 0.15) is 29.8 Å². The molecule has 2 aromatic carbocycles. The topological polar surface area (TPSA) is 103 Å². The molecule has 0 heterocycles. The smallest absolute Gasteiger partial charge is 0.325 e. The number of nitrogens with one attached hydrogen (secondary N) is 2. The van der Waals surface area contributed by atoms with Crippen molar-refractivity contribution in [3.05, 3.63) is 53.6 Å². The fourth-order valence-corrected chi connectivity index (χ4v) is 2.60. The van der Waals surface area contributed by atoms with Gasteiger partial charge in [0.05, 0.1) is 13.2 Å². The van der Waals surface area contributed by atoms with Gasteiger partial charge in [-0.1, -0.05) is 18.2 Å². The standard InChI is InChI=1S/C22H26N2O6/c1-4-28-18-11-10-16(12-19(18)29-5-2)24-20(25)14-30-21(26)13-23-22(27)17-9-7-6-8-15(17)3/h6-12H,4-5,13-14H2,1-3H3,(H,23,27)(H,24,25). The summed E-state index contributed by atoms with van der Waals surface area (Å²) >= 11 is 0. The predicted molar refractivity (Wildman–Crippen MR) is 112 cm³/mol. The van der Waals surface area contributed by atoms with E-state index in [1.165, 1.54) is 0 Å². The van der Waals surface area contributed by atoms with E-state index in [4.69, 9.17) is 14.2 Å². The van der Waals surface area contributed by atoms with E-state index in [0.717, 1.165) is 5.56 Å². The second-order valence-electron chi connectivity index (χ2n) is 6.23. The maximum Gasteiger partial charge on any atom is 0.325 e. The maximum absolute atomic E-state index is 12.1. The Morgan fingerprint density at radius 3 is 2.33 bits per heavy atom. The van der Waals surface area contributed by atoms with Crippen molar-refractivity contribution in [2.75, 3.05) is 31.7 Å². The quantitative estimate of drug-likeness (QED) is 0.580.